The van der Waals surface area contributed by atoms with Crippen molar-refractivity contribution in [3.05, 3.63) is 0 Å². The number of carboxylic acids is 1. The van der Waals surface area contributed by atoms with E-state index in [0.717, 1.165) is 12.8 Å². The van der Waals surface area contributed by atoms with Crippen LogP contribution in [-0.2, 0) is 23.5 Å². The van der Waals surface area contributed by atoms with Crippen molar-refractivity contribution in [2.45, 2.75) is 51.5 Å². The van der Waals surface area contributed by atoms with Crippen LogP contribution < -0.4 is 5.32 Å². The van der Waals surface area contributed by atoms with Gasteiger partial charge in [-0.1, -0.05) is 19.8 Å². The summed E-state index contributed by atoms with van der Waals surface area (Å²) in [6.45, 7) is 1.96. The van der Waals surface area contributed by atoms with Crippen molar-refractivity contribution >= 4 is 25.7 Å². The van der Waals surface area contributed by atoms with E-state index >= 15 is 0 Å². The molecule has 0 rings (SSSR count). The van der Waals surface area contributed by atoms with Gasteiger partial charge in [0.25, 0.3) is 0 Å². The molecule has 0 aromatic heterocycles. The molecule has 0 bridgehead atoms. The molecule has 1 amide bonds. The van der Waals surface area contributed by atoms with E-state index in [1.807, 2.05) is 6.92 Å². The molecule has 9 nitrogen and oxygen atoms in total. The number of hydrogen-bond acceptors (Lipinski definition) is 5. The standard InChI is InChI=1S/C11H20NO8P/c1-2-3-4-5-9(13)12-8(11(15)16)6-7-10(14)20-21(17,18)19/h8H,2-7H2,1H3,(H,12,13)(H,15,16)(H2,17,18,19)/t8-/m0/s1. The van der Waals surface area contributed by atoms with Gasteiger partial charge in [0.05, 0.1) is 0 Å². The number of amides is 1. The van der Waals surface area contributed by atoms with Gasteiger partial charge in [0.15, 0.2) is 0 Å². The Morgan fingerprint density at radius 1 is 1.19 bits per heavy atom. The molecule has 10 heteroatoms. The van der Waals surface area contributed by atoms with Crippen LogP contribution in [0, 0.1) is 0 Å². The number of rotatable bonds is 10. The summed E-state index contributed by atoms with van der Waals surface area (Å²) >= 11 is 0. The lowest BCUT2D eigenvalue weighted by molar-refractivity contribution is -0.142. The maximum Gasteiger partial charge on any atom is 0.526 e. The van der Waals surface area contributed by atoms with Gasteiger partial charge in [0.2, 0.25) is 5.91 Å². The van der Waals surface area contributed by atoms with Crippen LogP contribution in [0.2, 0.25) is 0 Å². The number of phosphoric ester groups is 1. The molecule has 0 radical (unpaired) electrons. The second kappa shape index (κ2) is 9.49. The summed E-state index contributed by atoms with van der Waals surface area (Å²) in [5.41, 5.74) is 0. The van der Waals surface area contributed by atoms with Crippen molar-refractivity contribution in [3.63, 3.8) is 0 Å². The fourth-order valence-corrected chi connectivity index (χ4v) is 1.86. The monoisotopic (exact) mass is 325 g/mol. The SMILES string of the molecule is CCCCCC(=O)N[C@@H](CCC(=O)OP(=O)(O)O)C(=O)O. The van der Waals surface area contributed by atoms with E-state index in [0.29, 0.717) is 6.42 Å². The lowest BCUT2D eigenvalue weighted by Crippen LogP contribution is -2.41. The molecule has 122 valence electrons. The fourth-order valence-electron chi connectivity index (χ4n) is 1.50. The maximum atomic E-state index is 11.5. The Hall–Kier alpha value is -1.44. The number of hydrogen-bond donors (Lipinski definition) is 4. The molecule has 0 aliphatic rings. The van der Waals surface area contributed by atoms with Gasteiger partial charge in [0, 0.05) is 12.8 Å². The third-order valence-corrected chi connectivity index (χ3v) is 2.94. The highest BCUT2D eigenvalue weighted by atomic mass is 31.2. The summed E-state index contributed by atoms with van der Waals surface area (Å²) in [5.74, 6) is -3.00. The van der Waals surface area contributed by atoms with Crippen molar-refractivity contribution in [1.82, 2.24) is 5.32 Å². The van der Waals surface area contributed by atoms with Crippen molar-refractivity contribution in [1.29, 1.82) is 0 Å². The number of carboxylic acid groups (broad SMARTS) is 1. The van der Waals surface area contributed by atoms with Gasteiger partial charge in [-0.25, -0.2) is 9.36 Å². The molecule has 0 saturated heterocycles. The molecular weight excluding hydrogens is 305 g/mol. The van der Waals surface area contributed by atoms with Crippen molar-refractivity contribution in [2.75, 3.05) is 0 Å². The van der Waals surface area contributed by atoms with Gasteiger partial charge in [-0.15, -0.1) is 0 Å². The van der Waals surface area contributed by atoms with Crippen LogP contribution in [0.15, 0.2) is 0 Å². The predicted molar refractivity (Wildman–Crippen MR) is 71.1 cm³/mol. The van der Waals surface area contributed by atoms with E-state index < -0.39 is 38.1 Å². The van der Waals surface area contributed by atoms with E-state index in [9.17, 15) is 18.9 Å². The third-order valence-electron chi connectivity index (χ3n) is 2.50. The smallest absolute Gasteiger partial charge is 0.480 e. The van der Waals surface area contributed by atoms with Gasteiger partial charge < -0.3 is 14.9 Å². The van der Waals surface area contributed by atoms with Gasteiger partial charge >= 0.3 is 19.8 Å². The lowest BCUT2D eigenvalue weighted by atomic mass is 10.1. The maximum absolute atomic E-state index is 11.5. The Balaban J connectivity index is 4.25. The van der Waals surface area contributed by atoms with E-state index in [2.05, 4.69) is 9.84 Å². The number of unbranched alkanes of at least 4 members (excludes halogenated alkanes) is 2. The normalized spacial score (nSPS) is 12.5. The zero-order valence-electron chi connectivity index (χ0n) is 11.7. The van der Waals surface area contributed by atoms with Crippen LogP contribution in [0.4, 0.5) is 0 Å². The van der Waals surface area contributed by atoms with E-state index in [4.69, 9.17) is 14.9 Å². The summed E-state index contributed by atoms with van der Waals surface area (Å²) in [6.07, 6.45) is 1.74. The molecule has 0 unspecified atom stereocenters. The van der Waals surface area contributed by atoms with E-state index in [1.54, 1.807) is 0 Å². The van der Waals surface area contributed by atoms with Crippen LogP contribution >= 0.6 is 7.82 Å². The first kappa shape index (κ1) is 19.6. The number of aliphatic carboxylic acids is 1. The highest BCUT2D eigenvalue weighted by Gasteiger charge is 2.24. The lowest BCUT2D eigenvalue weighted by Gasteiger charge is -2.14. The number of carbonyl (C=O) groups excluding carboxylic acids is 2. The molecule has 0 aliphatic heterocycles. The van der Waals surface area contributed by atoms with E-state index in [-0.39, 0.29) is 12.8 Å². The molecule has 1 atom stereocenters. The molecular formula is C11H20NO8P. The molecule has 21 heavy (non-hydrogen) atoms. The highest BCUT2D eigenvalue weighted by molar-refractivity contribution is 7.46. The van der Waals surface area contributed by atoms with Crippen molar-refractivity contribution in [3.8, 4) is 0 Å². The second-order valence-corrected chi connectivity index (χ2v) is 5.57. The molecule has 0 aromatic carbocycles. The first-order valence-corrected chi connectivity index (χ1v) is 7.99. The Bertz CT molecular complexity index is 418. The van der Waals surface area contributed by atoms with Crippen LogP contribution in [0.25, 0.3) is 0 Å². The van der Waals surface area contributed by atoms with Crippen LogP contribution in [0.5, 0.6) is 0 Å². The average molecular weight is 325 g/mol. The zero-order valence-corrected chi connectivity index (χ0v) is 12.5. The summed E-state index contributed by atoms with van der Waals surface area (Å²) < 4.78 is 14.2. The molecule has 0 heterocycles. The largest absolute Gasteiger partial charge is 0.526 e. The summed E-state index contributed by atoms with van der Waals surface area (Å²) in [6, 6.07) is -1.30. The first-order valence-electron chi connectivity index (χ1n) is 6.46. The summed E-state index contributed by atoms with van der Waals surface area (Å²) in [5, 5.41) is 11.2. The molecule has 0 aromatic rings. The Morgan fingerprint density at radius 3 is 2.29 bits per heavy atom. The van der Waals surface area contributed by atoms with Gasteiger partial charge in [-0.05, 0) is 12.8 Å². The Kier molecular flexibility index (Phi) is 8.84. The fraction of sp³-hybridized carbons (Fsp3) is 0.727. The molecule has 0 fully saturated rings. The molecule has 0 saturated carbocycles. The van der Waals surface area contributed by atoms with Crippen molar-refractivity contribution < 1.29 is 38.4 Å². The molecule has 4 N–H and O–H groups in total. The average Bonchev–Trinajstić information content (AvgIpc) is 2.32. The molecule has 0 aliphatic carbocycles. The number of carbonyl (C=O) groups is 3. The minimum Gasteiger partial charge on any atom is -0.480 e. The Labute approximate surface area is 121 Å². The Morgan fingerprint density at radius 2 is 1.81 bits per heavy atom. The first-order chi connectivity index (χ1) is 9.65. The predicted octanol–water partition coefficient (Wildman–Crippen LogP) is 0.552. The number of nitrogens with one attached hydrogen (secondary N) is 1. The number of phosphoric acid groups is 1. The van der Waals surface area contributed by atoms with Crippen LogP contribution in [-0.4, -0.2) is 38.8 Å². The topological polar surface area (TPSA) is 150 Å². The van der Waals surface area contributed by atoms with Crippen molar-refractivity contribution in [2.24, 2.45) is 0 Å². The minimum absolute atomic E-state index is 0.185. The second-order valence-electron chi connectivity index (χ2n) is 4.41. The summed E-state index contributed by atoms with van der Waals surface area (Å²) in [7, 11) is -4.94. The zero-order chi connectivity index (χ0) is 16.5. The quantitative estimate of drug-likeness (QED) is 0.336. The van der Waals surface area contributed by atoms with Crippen LogP contribution in [0.1, 0.15) is 45.4 Å². The van der Waals surface area contributed by atoms with Crippen LogP contribution in [0.3, 0.4) is 0 Å². The van der Waals surface area contributed by atoms with Gasteiger partial charge in [0.1, 0.15) is 6.04 Å². The summed E-state index contributed by atoms with van der Waals surface area (Å²) in [4.78, 5) is 50.3. The van der Waals surface area contributed by atoms with Gasteiger partial charge in [-0.3, -0.25) is 19.4 Å². The van der Waals surface area contributed by atoms with E-state index in [1.165, 1.54) is 0 Å². The minimum atomic E-state index is -4.94. The third kappa shape index (κ3) is 10.9. The molecule has 0 spiro atoms. The highest BCUT2D eigenvalue weighted by Crippen LogP contribution is 2.36. The van der Waals surface area contributed by atoms with Gasteiger partial charge in [-0.2, -0.15) is 0 Å².